The summed E-state index contributed by atoms with van der Waals surface area (Å²) in [5.74, 6) is -0.359. The van der Waals surface area contributed by atoms with Gasteiger partial charge in [0.1, 0.15) is 5.69 Å². The SMILES string of the molecule is COC(=O)c1[nH]c2ccccc2c1-c1ccc2ccc3cccc4ccc1c2c34. The lowest BCUT2D eigenvalue weighted by Gasteiger charge is -2.14. The fourth-order valence-electron chi connectivity index (χ4n) is 4.63. The Labute approximate surface area is 166 Å². The van der Waals surface area contributed by atoms with Crippen molar-refractivity contribution in [3.63, 3.8) is 0 Å². The number of hydrogen-bond acceptors (Lipinski definition) is 2. The van der Waals surface area contributed by atoms with Crippen molar-refractivity contribution in [2.45, 2.75) is 0 Å². The summed E-state index contributed by atoms with van der Waals surface area (Å²) in [5, 5.41) is 8.31. The minimum Gasteiger partial charge on any atom is -0.464 e. The Morgan fingerprint density at radius 2 is 1.41 bits per heavy atom. The molecule has 5 aromatic carbocycles. The van der Waals surface area contributed by atoms with Crippen LogP contribution in [0.1, 0.15) is 10.5 Å². The first-order valence-corrected chi connectivity index (χ1v) is 9.62. The number of esters is 1. The number of hydrogen-bond donors (Lipinski definition) is 1. The molecular weight excluding hydrogens is 358 g/mol. The highest BCUT2D eigenvalue weighted by Gasteiger charge is 2.22. The molecule has 0 fully saturated rings. The van der Waals surface area contributed by atoms with E-state index in [2.05, 4.69) is 59.6 Å². The number of fused-ring (bicyclic) bond motifs is 1. The second kappa shape index (κ2) is 5.82. The molecule has 0 bridgehead atoms. The third-order valence-corrected chi connectivity index (χ3v) is 5.89. The van der Waals surface area contributed by atoms with Crippen molar-refractivity contribution in [2.24, 2.45) is 0 Å². The van der Waals surface area contributed by atoms with Crippen LogP contribution in [0.5, 0.6) is 0 Å². The van der Waals surface area contributed by atoms with Crippen LogP contribution < -0.4 is 0 Å². The Morgan fingerprint density at radius 3 is 2.21 bits per heavy atom. The number of aromatic nitrogens is 1. The molecule has 0 saturated carbocycles. The molecule has 0 unspecified atom stereocenters. The molecule has 1 aromatic heterocycles. The summed E-state index contributed by atoms with van der Waals surface area (Å²) >= 11 is 0. The lowest BCUT2D eigenvalue weighted by molar-refractivity contribution is 0.0596. The Hall–Kier alpha value is -3.85. The average molecular weight is 375 g/mol. The minimum atomic E-state index is -0.359. The molecule has 0 atom stereocenters. The zero-order valence-electron chi connectivity index (χ0n) is 15.8. The molecular formula is C26H17NO2. The molecule has 3 heteroatoms. The van der Waals surface area contributed by atoms with Gasteiger partial charge in [-0.25, -0.2) is 4.79 Å². The summed E-state index contributed by atoms with van der Waals surface area (Å²) in [4.78, 5) is 15.9. The van der Waals surface area contributed by atoms with Gasteiger partial charge in [-0.3, -0.25) is 0 Å². The van der Waals surface area contributed by atoms with E-state index in [0.29, 0.717) is 5.69 Å². The number of rotatable bonds is 2. The highest BCUT2D eigenvalue weighted by atomic mass is 16.5. The van der Waals surface area contributed by atoms with Crippen LogP contribution in [-0.2, 0) is 4.74 Å². The van der Waals surface area contributed by atoms with Crippen LogP contribution in [0, 0.1) is 0 Å². The summed E-state index contributed by atoms with van der Waals surface area (Å²) < 4.78 is 5.08. The predicted octanol–water partition coefficient (Wildman–Crippen LogP) is 6.52. The molecule has 0 aliphatic carbocycles. The van der Waals surface area contributed by atoms with E-state index in [-0.39, 0.29) is 5.97 Å². The molecule has 6 aromatic rings. The van der Waals surface area contributed by atoms with Crippen LogP contribution in [0.2, 0.25) is 0 Å². The van der Waals surface area contributed by atoms with E-state index in [1.807, 2.05) is 24.3 Å². The second-order valence-electron chi connectivity index (χ2n) is 7.38. The Morgan fingerprint density at radius 1 is 0.724 bits per heavy atom. The Kier molecular flexibility index (Phi) is 3.24. The average Bonchev–Trinajstić information content (AvgIpc) is 3.16. The molecule has 138 valence electrons. The molecule has 0 aliphatic rings. The highest BCUT2D eigenvalue weighted by Crippen LogP contribution is 2.42. The maximum atomic E-state index is 12.6. The zero-order valence-corrected chi connectivity index (χ0v) is 15.8. The summed E-state index contributed by atoms with van der Waals surface area (Å²) in [6.07, 6.45) is 0. The third kappa shape index (κ3) is 2.15. The van der Waals surface area contributed by atoms with E-state index in [4.69, 9.17) is 4.74 Å². The highest BCUT2D eigenvalue weighted by molar-refractivity contribution is 6.26. The summed E-state index contributed by atoms with van der Waals surface area (Å²) in [6, 6.07) is 27.3. The van der Waals surface area contributed by atoms with E-state index < -0.39 is 0 Å². The first kappa shape index (κ1) is 16.1. The Balaban J connectivity index is 1.81. The van der Waals surface area contributed by atoms with Crippen molar-refractivity contribution in [3.05, 3.63) is 84.6 Å². The quantitative estimate of drug-likeness (QED) is 0.276. The van der Waals surface area contributed by atoms with Gasteiger partial charge in [0.2, 0.25) is 0 Å². The van der Waals surface area contributed by atoms with Crippen LogP contribution in [0.15, 0.2) is 78.9 Å². The van der Waals surface area contributed by atoms with Crippen molar-refractivity contribution >= 4 is 49.2 Å². The van der Waals surface area contributed by atoms with E-state index in [9.17, 15) is 4.79 Å². The molecule has 0 aliphatic heterocycles. The predicted molar refractivity (Wildman–Crippen MR) is 119 cm³/mol. The van der Waals surface area contributed by atoms with Gasteiger partial charge >= 0.3 is 5.97 Å². The molecule has 6 rings (SSSR count). The monoisotopic (exact) mass is 375 g/mol. The number of carbonyl (C=O) groups is 1. The number of benzene rings is 5. The molecule has 0 radical (unpaired) electrons. The van der Waals surface area contributed by atoms with Gasteiger partial charge in [-0.2, -0.15) is 0 Å². The van der Waals surface area contributed by atoms with Gasteiger partial charge < -0.3 is 9.72 Å². The number of para-hydroxylation sites is 1. The van der Waals surface area contributed by atoms with Gasteiger partial charge in [0.05, 0.1) is 7.11 Å². The maximum Gasteiger partial charge on any atom is 0.355 e. The molecule has 0 saturated heterocycles. The fourth-order valence-corrected chi connectivity index (χ4v) is 4.63. The summed E-state index contributed by atoms with van der Waals surface area (Å²) in [6.45, 7) is 0. The number of carbonyl (C=O) groups excluding carboxylic acids is 1. The minimum absolute atomic E-state index is 0.359. The zero-order chi connectivity index (χ0) is 19.5. The molecule has 29 heavy (non-hydrogen) atoms. The van der Waals surface area contributed by atoms with E-state index >= 15 is 0 Å². The van der Waals surface area contributed by atoms with Gasteiger partial charge in [0.25, 0.3) is 0 Å². The van der Waals surface area contributed by atoms with E-state index in [1.165, 1.54) is 34.0 Å². The molecule has 0 amide bonds. The third-order valence-electron chi connectivity index (χ3n) is 5.89. The van der Waals surface area contributed by atoms with Gasteiger partial charge in [-0.15, -0.1) is 0 Å². The maximum absolute atomic E-state index is 12.6. The number of H-pyrrole nitrogens is 1. The van der Waals surface area contributed by atoms with Gasteiger partial charge in [0.15, 0.2) is 0 Å². The van der Waals surface area contributed by atoms with Crippen LogP contribution in [0.3, 0.4) is 0 Å². The van der Waals surface area contributed by atoms with Gasteiger partial charge in [0, 0.05) is 16.5 Å². The van der Waals surface area contributed by atoms with Crippen LogP contribution in [-0.4, -0.2) is 18.1 Å². The van der Waals surface area contributed by atoms with E-state index in [0.717, 1.165) is 27.4 Å². The van der Waals surface area contributed by atoms with Gasteiger partial charge in [-0.05, 0) is 43.9 Å². The number of nitrogens with one attached hydrogen (secondary N) is 1. The number of methoxy groups -OCH3 is 1. The molecule has 1 N–H and O–H groups in total. The molecule has 0 spiro atoms. The first-order chi connectivity index (χ1) is 14.3. The van der Waals surface area contributed by atoms with Crippen LogP contribution >= 0.6 is 0 Å². The van der Waals surface area contributed by atoms with Crippen molar-refractivity contribution < 1.29 is 9.53 Å². The van der Waals surface area contributed by atoms with Gasteiger partial charge in [-0.1, -0.05) is 72.8 Å². The molecule has 1 heterocycles. The normalized spacial score (nSPS) is 11.8. The summed E-state index contributed by atoms with van der Waals surface area (Å²) in [7, 11) is 1.42. The second-order valence-corrected chi connectivity index (χ2v) is 7.38. The largest absolute Gasteiger partial charge is 0.464 e. The molecule has 3 nitrogen and oxygen atoms in total. The van der Waals surface area contributed by atoms with Crippen LogP contribution in [0.25, 0.3) is 54.3 Å². The van der Waals surface area contributed by atoms with E-state index in [1.54, 1.807) is 0 Å². The lowest BCUT2D eigenvalue weighted by atomic mass is 9.89. The Bertz CT molecular complexity index is 1540. The topological polar surface area (TPSA) is 42.1 Å². The lowest BCUT2D eigenvalue weighted by Crippen LogP contribution is -2.03. The summed E-state index contributed by atoms with van der Waals surface area (Å²) in [5.41, 5.74) is 3.34. The van der Waals surface area contributed by atoms with Crippen molar-refractivity contribution in [3.8, 4) is 11.1 Å². The number of ether oxygens (including phenoxy) is 1. The van der Waals surface area contributed by atoms with Crippen molar-refractivity contribution in [2.75, 3.05) is 7.11 Å². The van der Waals surface area contributed by atoms with Crippen molar-refractivity contribution in [1.29, 1.82) is 0 Å². The fraction of sp³-hybridized carbons (Fsp3) is 0.0385. The first-order valence-electron chi connectivity index (χ1n) is 9.62. The standard InChI is InChI=1S/C26H17NO2/c1-29-26(28)25-24(20-7-2-3-8-21(20)27-25)19-14-12-17-10-9-15-5-4-6-16-11-13-18(19)23(17)22(15)16/h2-14,27H,1H3. The van der Waals surface area contributed by atoms with Crippen LogP contribution in [0.4, 0.5) is 0 Å². The number of aromatic amines is 1. The van der Waals surface area contributed by atoms with Crippen molar-refractivity contribution in [1.82, 2.24) is 4.98 Å². The smallest absolute Gasteiger partial charge is 0.355 e.